The van der Waals surface area contributed by atoms with Gasteiger partial charge in [0.05, 0.1) is 5.02 Å². The van der Waals surface area contributed by atoms with Crippen LogP contribution < -0.4 is 0 Å². The summed E-state index contributed by atoms with van der Waals surface area (Å²) in [5, 5.41) is 27.2. The molecule has 0 aliphatic heterocycles. The number of carboxylic acids is 1. The second-order valence-electron chi connectivity index (χ2n) is 5.21. The molecule has 0 fully saturated rings. The first-order valence-corrected chi connectivity index (χ1v) is 9.69. The van der Waals surface area contributed by atoms with E-state index < -0.39 is 5.97 Å². The minimum absolute atomic E-state index is 0.0823. The topological polar surface area (TPSA) is 99.1 Å². The highest BCUT2D eigenvalue weighted by molar-refractivity contribution is 9.10. The van der Waals surface area contributed by atoms with E-state index in [4.69, 9.17) is 23.2 Å². The van der Waals surface area contributed by atoms with Gasteiger partial charge in [-0.15, -0.1) is 5.10 Å². The summed E-state index contributed by atoms with van der Waals surface area (Å²) in [7, 11) is 0. The van der Waals surface area contributed by atoms with Crippen LogP contribution in [0.3, 0.4) is 0 Å². The average molecular weight is 487 g/mol. The molecule has 1 aromatic heterocycles. The first-order valence-electron chi connectivity index (χ1n) is 7.32. The number of nitrogens with zero attached hydrogens (tertiary/aromatic N) is 2. The summed E-state index contributed by atoms with van der Waals surface area (Å²) in [6.45, 7) is 0. The molecule has 0 spiro atoms. The third kappa shape index (κ3) is 4.84. The Morgan fingerprint density at radius 1 is 1.22 bits per heavy atom. The van der Waals surface area contributed by atoms with Gasteiger partial charge in [0.15, 0.2) is 5.82 Å². The fraction of sp³-hybridized carbons (Fsp3) is 0. The number of H-pyrrole nitrogens is 1. The van der Waals surface area contributed by atoms with Crippen molar-refractivity contribution in [1.82, 2.24) is 15.2 Å². The van der Waals surface area contributed by atoms with Gasteiger partial charge in [-0.3, -0.25) is 5.10 Å². The molecule has 0 amide bonds. The molecular formula is C17H10BrCl2N3O3S. The standard InChI is InChI=1S/C17H10BrCl2N3O3S/c18-10-5-9(14(24)12(20)7-10)6-13(16(25)26)27-17-21-15(22-23-17)8-1-3-11(19)4-2-8/h1-7,24H,(H,25,26)(H,21,22,23)/b13-6-. The van der Waals surface area contributed by atoms with Crippen molar-refractivity contribution in [3.05, 3.63) is 61.4 Å². The molecule has 6 nitrogen and oxygen atoms in total. The third-order valence-corrected chi connectivity index (χ3v) is 5.21. The summed E-state index contributed by atoms with van der Waals surface area (Å²) in [6.07, 6.45) is 1.30. The number of benzene rings is 2. The number of thioether (sulfide) groups is 1. The van der Waals surface area contributed by atoms with E-state index >= 15 is 0 Å². The number of hydrogen-bond acceptors (Lipinski definition) is 5. The Bertz CT molecular complexity index is 1040. The molecule has 3 N–H and O–H groups in total. The Morgan fingerprint density at radius 3 is 2.59 bits per heavy atom. The van der Waals surface area contributed by atoms with Gasteiger partial charge in [0.25, 0.3) is 0 Å². The minimum Gasteiger partial charge on any atom is -0.506 e. The van der Waals surface area contributed by atoms with Gasteiger partial charge in [0.1, 0.15) is 10.7 Å². The Morgan fingerprint density at radius 2 is 1.93 bits per heavy atom. The molecule has 0 saturated heterocycles. The van der Waals surface area contributed by atoms with Gasteiger partial charge in [-0.25, -0.2) is 9.78 Å². The summed E-state index contributed by atoms with van der Waals surface area (Å²) < 4.78 is 0.606. The van der Waals surface area contributed by atoms with Gasteiger partial charge in [-0.1, -0.05) is 39.1 Å². The first-order chi connectivity index (χ1) is 12.8. The summed E-state index contributed by atoms with van der Waals surface area (Å²) in [5.41, 5.74) is 1.02. The van der Waals surface area contributed by atoms with Crippen LogP contribution in [0.15, 0.2) is 50.9 Å². The van der Waals surface area contributed by atoms with Gasteiger partial charge in [0, 0.05) is 20.6 Å². The first kappa shape index (κ1) is 19.8. The van der Waals surface area contributed by atoms with Gasteiger partial charge in [-0.05, 0) is 54.2 Å². The molecule has 138 valence electrons. The Hall–Kier alpha value is -2.00. The molecule has 1 heterocycles. The van der Waals surface area contributed by atoms with Crippen molar-refractivity contribution in [2.45, 2.75) is 5.16 Å². The highest BCUT2D eigenvalue weighted by atomic mass is 79.9. The Kier molecular flexibility index (Phi) is 6.11. The molecule has 0 aliphatic carbocycles. The number of halogens is 3. The number of carbonyl (C=O) groups is 1. The van der Waals surface area contributed by atoms with Crippen LogP contribution in [0.2, 0.25) is 10.0 Å². The molecule has 3 aromatic rings. The number of aromatic amines is 1. The lowest BCUT2D eigenvalue weighted by Crippen LogP contribution is -1.97. The lowest BCUT2D eigenvalue weighted by molar-refractivity contribution is -0.131. The van der Waals surface area contributed by atoms with E-state index in [-0.39, 0.29) is 26.4 Å². The minimum atomic E-state index is -1.19. The number of aliphatic carboxylic acids is 1. The van der Waals surface area contributed by atoms with Crippen LogP contribution in [0.5, 0.6) is 5.75 Å². The maximum atomic E-state index is 11.6. The zero-order valence-corrected chi connectivity index (χ0v) is 17.2. The summed E-state index contributed by atoms with van der Waals surface area (Å²) in [4.78, 5) is 15.8. The normalized spacial score (nSPS) is 11.6. The Labute approximate surface area is 176 Å². The quantitative estimate of drug-likeness (QED) is 0.327. The van der Waals surface area contributed by atoms with Crippen molar-refractivity contribution < 1.29 is 15.0 Å². The molecule has 0 unspecified atom stereocenters. The molecule has 0 saturated carbocycles. The fourth-order valence-electron chi connectivity index (χ4n) is 2.10. The van der Waals surface area contributed by atoms with Gasteiger partial charge >= 0.3 is 5.97 Å². The van der Waals surface area contributed by atoms with Crippen molar-refractivity contribution in [3.8, 4) is 17.1 Å². The third-order valence-electron chi connectivity index (χ3n) is 3.34. The number of aromatic nitrogens is 3. The van der Waals surface area contributed by atoms with Gasteiger partial charge < -0.3 is 10.2 Å². The number of nitrogens with one attached hydrogen (secondary N) is 1. The van der Waals surface area contributed by atoms with Crippen molar-refractivity contribution in [3.63, 3.8) is 0 Å². The monoisotopic (exact) mass is 485 g/mol. The molecule has 0 bridgehead atoms. The number of phenols is 1. The van der Waals surface area contributed by atoms with E-state index in [0.29, 0.717) is 15.3 Å². The van der Waals surface area contributed by atoms with Crippen LogP contribution in [-0.4, -0.2) is 31.4 Å². The summed E-state index contributed by atoms with van der Waals surface area (Å²) in [5.74, 6) is -0.920. The molecular weight excluding hydrogens is 477 g/mol. The number of carboxylic acid groups (broad SMARTS) is 1. The van der Waals surface area contributed by atoms with Crippen LogP contribution in [0.25, 0.3) is 17.5 Å². The lowest BCUT2D eigenvalue weighted by atomic mass is 10.2. The molecule has 0 radical (unpaired) electrons. The highest BCUT2D eigenvalue weighted by Gasteiger charge is 2.16. The average Bonchev–Trinajstić information content (AvgIpc) is 3.07. The maximum absolute atomic E-state index is 11.6. The number of phenolic OH excluding ortho intramolecular Hbond substituents is 1. The molecule has 10 heteroatoms. The molecule has 0 atom stereocenters. The van der Waals surface area contributed by atoms with Crippen LogP contribution in [0, 0.1) is 0 Å². The number of aromatic hydroxyl groups is 1. The summed E-state index contributed by atoms with van der Waals surface area (Å²) >= 11 is 15.9. The molecule has 0 aliphatic rings. The van der Waals surface area contributed by atoms with E-state index in [0.717, 1.165) is 17.3 Å². The fourth-order valence-corrected chi connectivity index (χ4v) is 3.76. The zero-order valence-electron chi connectivity index (χ0n) is 13.3. The second kappa shape index (κ2) is 8.35. The predicted molar refractivity (Wildman–Crippen MR) is 109 cm³/mol. The predicted octanol–water partition coefficient (Wildman–Crippen LogP) is 5.46. The zero-order chi connectivity index (χ0) is 19.6. The van der Waals surface area contributed by atoms with Crippen molar-refractivity contribution >= 4 is 62.9 Å². The van der Waals surface area contributed by atoms with Gasteiger partial charge in [0.2, 0.25) is 5.16 Å². The molecule has 27 heavy (non-hydrogen) atoms. The SMILES string of the molecule is O=C(O)/C(=C/c1cc(Br)cc(Cl)c1O)Sc1n[nH]c(-c2ccc(Cl)cc2)n1. The molecule has 2 aromatic carbocycles. The van der Waals surface area contributed by atoms with Crippen LogP contribution in [0.4, 0.5) is 0 Å². The maximum Gasteiger partial charge on any atom is 0.342 e. The van der Waals surface area contributed by atoms with Crippen molar-refractivity contribution in [1.29, 1.82) is 0 Å². The molecule has 3 rings (SSSR count). The number of rotatable bonds is 5. The second-order valence-corrected chi connectivity index (χ2v) is 7.98. The number of hydrogen-bond donors (Lipinski definition) is 3. The lowest BCUT2D eigenvalue weighted by Gasteiger charge is -2.05. The van der Waals surface area contributed by atoms with Crippen LogP contribution in [0.1, 0.15) is 5.56 Å². The van der Waals surface area contributed by atoms with E-state index in [1.54, 1.807) is 30.3 Å². The van der Waals surface area contributed by atoms with E-state index in [2.05, 4.69) is 31.1 Å². The largest absolute Gasteiger partial charge is 0.506 e. The smallest absolute Gasteiger partial charge is 0.342 e. The summed E-state index contributed by atoms with van der Waals surface area (Å²) in [6, 6.07) is 10.0. The Balaban J connectivity index is 1.90. The highest BCUT2D eigenvalue weighted by Crippen LogP contribution is 2.35. The van der Waals surface area contributed by atoms with Gasteiger partial charge in [-0.2, -0.15) is 0 Å². The van der Waals surface area contributed by atoms with Crippen LogP contribution >= 0.6 is 50.9 Å². The van der Waals surface area contributed by atoms with Crippen molar-refractivity contribution in [2.75, 3.05) is 0 Å². The van der Waals surface area contributed by atoms with E-state index in [1.807, 2.05) is 0 Å². The van der Waals surface area contributed by atoms with E-state index in [1.165, 1.54) is 12.1 Å². The van der Waals surface area contributed by atoms with E-state index in [9.17, 15) is 15.0 Å². The van der Waals surface area contributed by atoms with Crippen LogP contribution in [-0.2, 0) is 4.79 Å². The van der Waals surface area contributed by atoms with Crippen molar-refractivity contribution in [2.24, 2.45) is 0 Å².